The van der Waals surface area contributed by atoms with E-state index < -0.39 is 30.1 Å². The molecule has 8 heteroatoms. The maximum Gasteiger partial charge on any atom is 0.416 e. The number of ketones is 1. The lowest BCUT2D eigenvalue weighted by molar-refractivity contribution is -0.138. The highest BCUT2D eigenvalue weighted by Gasteiger charge is 2.30. The second kappa shape index (κ2) is 7.48. The molecular formula is C16H10BrF3O4. The van der Waals surface area contributed by atoms with Crippen LogP contribution in [-0.2, 0) is 15.7 Å². The van der Waals surface area contributed by atoms with Crippen molar-refractivity contribution in [3.63, 3.8) is 0 Å². The average molecular weight is 403 g/mol. The van der Waals surface area contributed by atoms with Crippen molar-refractivity contribution in [1.82, 2.24) is 0 Å². The summed E-state index contributed by atoms with van der Waals surface area (Å²) in [5, 5.41) is 0. The lowest BCUT2D eigenvalue weighted by Gasteiger charge is -2.08. The molecule has 0 aliphatic rings. The van der Waals surface area contributed by atoms with E-state index in [1.165, 1.54) is 12.1 Å². The molecule has 1 heterocycles. The number of benzene rings is 1. The van der Waals surface area contributed by atoms with Crippen molar-refractivity contribution < 1.29 is 31.9 Å². The summed E-state index contributed by atoms with van der Waals surface area (Å²) in [4.78, 5) is 23.3. The molecule has 24 heavy (non-hydrogen) atoms. The Morgan fingerprint density at radius 3 is 2.58 bits per heavy atom. The molecule has 1 aromatic heterocycles. The first kappa shape index (κ1) is 18.0. The largest absolute Gasteiger partial charge is 0.454 e. The topological polar surface area (TPSA) is 56.5 Å². The first-order valence-corrected chi connectivity index (χ1v) is 7.35. The van der Waals surface area contributed by atoms with E-state index in [1.807, 2.05) is 0 Å². The van der Waals surface area contributed by atoms with Crippen molar-refractivity contribution >= 4 is 33.8 Å². The summed E-state index contributed by atoms with van der Waals surface area (Å²) in [5.41, 5.74) is -1.13. The number of alkyl halides is 3. The number of esters is 1. The Morgan fingerprint density at radius 1 is 1.21 bits per heavy atom. The summed E-state index contributed by atoms with van der Waals surface area (Å²) in [6.45, 7) is -0.660. The van der Waals surface area contributed by atoms with Crippen molar-refractivity contribution in [2.24, 2.45) is 0 Å². The van der Waals surface area contributed by atoms with Crippen LogP contribution in [0.15, 0.2) is 51.6 Å². The summed E-state index contributed by atoms with van der Waals surface area (Å²) < 4.78 is 48.1. The van der Waals surface area contributed by atoms with Crippen molar-refractivity contribution in [2.45, 2.75) is 6.18 Å². The van der Waals surface area contributed by atoms with Crippen LogP contribution in [0, 0.1) is 0 Å². The van der Waals surface area contributed by atoms with E-state index in [9.17, 15) is 22.8 Å². The average Bonchev–Trinajstić information content (AvgIpc) is 2.95. The van der Waals surface area contributed by atoms with Gasteiger partial charge in [0.2, 0.25) is 0 Å². The van der Waals surface area contributed by atoms with Crippen LogP contribution in [0.5, 0.6) is 0 Å². The smallest absolute Gasteiger partial charge is 0.416 e. The number of furan rings is 1. The van der Waals surface area contributed by atoms with Gasteiger partial charge in [0.1, 0.15) is 5.76 Å². The van der Waals surface area contributed by atoms with Crippen LogP contribution >= 0.6 is 15.9 Å². The third-order valence-electron chi connectivity index (χ3n) is 2.84. The van der Waals surface area contributed by atoms with Crippen LogP contribution in [0.2, 0.25) is 0 Å². The van der Waals surface area contributed by atoms with E-state index in [4.69, 9.17) is 9.15 Å². The van der Waals surface area contributed by atoms with Crippen molar-refractivity contribution in [2.75, 3.05) is 6.61 Å². The molecule has 0 aliphatic heterocycles. The molecule has 0 unspecified atom stereocenters. The van der Waals surface area contributed by atoms with E-state index in [2.05, 4.69) is 15.9 Å². The fourth-order valence-electron chi connectivity index (χ4n) is 1.71. The quantitative estimate of drug-likeness (QED) is 0.419. The summed E-state index contributed by atoms with van der Waals surface area (Å²) in [6.07, 6.45) is -2.17. The van der Waals surface area contributed by atoms with Gasteiger partial charge in [-0.2, -0.15) is 13.2 Å². The number of halogens is 4. The van der Waals surface area contributed by atoms with Crippen molar-refractivity contribution in [3.8, 4) is 0 Å². The fourth-order valence-corrected chi connectivity index (χ4v) is 2.02. The molecule has 2 aromatic rings. The second-order valence-electron chi connectivity index (χ2n) is 4.58. The molecule has 4 nitrogen and oxygen atoms in total. The zero-order valence-corrected chi connectivity index (χ0v) is 13.6. The van der Waals surface area contributed by atoms with Crippen LogP contribution in [0.3, 0.4) is 0 Å². The molecule has 0 radical (unpaired) electrons. The summed E-state index contributed by atoms with van der Waals surface area (Å²) in [5.74, 6) is -1.16. The maximum atomic E-state index is 12.6. The summed E-state index contributed by atoms with van der Waals surface area (Å²) in [6, 6.07) is 7.14. The summed E-state index contributed by atoms with van der Waals surface area (Å²) >= 11 is 3.09. The van der Waals surface area contributed by atoms with Crippen LogP contribution < -0.4 is 0 Å². The van der Waals surface area contributed by atoms with Gasteiger partial charge in [-0.05, 0) is 46.3 Å². The monoisotopic (exact) mass is 402 g/mol. The number of hydrogen-bond donors (Lipinski definition) is 0. The molecule has 0 atom stereocenters. The first-order chi connectivity index (χ1) is 11.3. The van der Waals surface area contributed by atoms with Gasteiger partial charge >= 0.3 is 12.1 Å². The molecule has 1 aromatic carbocycles. The molecule has 0 amide bonds. The van der Waals surface area contributed by atoms with Gasteiger partial charge in [0, 0.05) is 11.6 Å². The predicted molar refractivity (Wildman–Crippen MR) is 82.2 cm³/mol. The number of hydrogen-bond acceptors (Lipinski definition) is 4. The summed E-state index contributed by atoms with van der Waals surface area (Å²) in [7, 11) is 0. The van der Waals surface area contributed by atoms with Crippen LogP contribution in [0.4, 0.5) is 13.2 Å². The highest BCUT2D eigenvalue weighted by Crippen LogP contribution is 2.29. The van der Waals surface area contributed by atoms with Crippen molar-refractivity contribution in [3.05, 3.63) is 64.0 Å². The Labute approximate surface area is 143 Å². The molecule has 0 fully saturated rings. The molecule has 126 valence electrons. The SMILES string of the molecule is O=C(C=Cc1ccc(Br)o1)OCC(=O)c1cccc(C(F)(F)F)c1. The number of carbonyl (C=O) groups excluding carboxylic acids is 2. The van der Waals surface area contributed by atoms with E-state index in [0.29, 0.717) is 16.5 Å². The normalized spacial score (nSPS) is 11.7. The minimum atomic E-state index is -4.55. The molecule has 0 saturated heterocycles. The van der Waals surface area contributed by atoms with Gasteiger partial charge in [0.05, 0.1) is 5.56 Å². The number of carbonyl (C=O) groups is 2. The number of Topliss-reactive ketones (excluding diaryl/α,β-unsaturated/α-hetero) is 1. The van der Waals surface area contributed by atoms with Gasteiger partial charge in [-0.15, -0.1) is 0 Å². The van der Waals surface area contributed by atoms with Gasteiger partial charge in [-0.1, -0.05) is 12.1 Å². The zero-order chi connectivity index (χ0) is 17.7. The maximum absolute atomic E-state index is 12.6. The Morgan fingerprint density at radius 2 is 1.96 bits per heavy atom. The highest BCUT2D eigenvalue weighted by atomic mass is 79.9. The van der Waals surface area contributed by atoms with E-state index >= 15 is 0 Å². The predicted octanol–water partition coefficient (Wildman–Crippen LogP) is 4.50. The second-order valence-corrected chi connectivity index (χ2v) is 5.37. The molecule has 0 saturated carbocycles. The fraction of sp³-hybridized carbons (Fsp3) is 0.125. The Bertz CT molecular complexity index is 778. The molecule has 0 aliphatic carbocycles. The van der Waals surface area contributed by atoms with E-state index in [-0.39, 0.29) is 5.56 Å². The third kappa shape index (κ3) is 5.09. The molecule has 0 N–H and O–H groups in total. The Balaban J connectivity index is 1.93. The van der Waals surface area contributed by atoms with Crippen LogP contribution in [0.25, 0.3) is 6.08 Å². The van der Waals surface area contributed by atoms with Gasteiger partial charge in [-0.3, -0.25) is 4.79 Å². The van der Waals surface area contributed by atoms with Gasteiger partial charge in [0.15, 0.2) is 17.1 Å². The van der Waals surface area contributed by atoms with Crippen molar-refractivity contribution in [1.29, 1.82) is 0 Å². The Hall–Kier alpha value is -2.35. The zero-order valence-electron chi connectivity index (χ0n) is 12.0. The molecule has 0 spiro atoms. The lowest BCUT2D eigenvalue weighted by Crippen LogP contribution is -2.14. The van der Waals surface area contributed by atoms with E-state index in [0.717, 1.165) is 18.2 Å². The lowest BCUT2D eigenvalue weighted by atomic mass is 10.1. The van der Waals surface area contributed by atoms with Gasteiger partial charge < -0.3 is 9.15 Å². The van der Waals surface area contributed by atoms with Gasteiger partial charge in [0.25, 0.3) is 0 Å². The molecule has 2 rings (SSSR count). The molecular weight excluding hydrogens is 393 g/mol. The number of ether oxygens (including phenoxy) is 1. The minimum Gasteiger partial charge on any atom is -0.454 e. The van der Waals surface area contributed by atoms with E-state index in [1.54, 1.807) is 12.1 Å². The first-order valence-electron chi connectivity index (χ1n) is 6.56. The van der Waals surface area contributed by atoms with Crippen LogP contribution in [0.1, 0.15) is 21.7 Å². The molecule has 0 bridgehead atoms. The minimum absolute atomic E-state index is 0.184. The highest BCUT2D eigenvalue weighted by molar-refractivity contribution is 9.10. The Kier molecular flexibility index (Phi) is 5.61. The standard InChI is InChI=1S/C16H10BrF3O4/c17-14-6-4-12(24-14)5-7-15(22)23-9-13(21)10-2-1-3-11(8-10)16(18,19)20/h1-8H,9H2. The van der Waals surface area contributed by atoms with Gasteiger partial charge in [-0.25, -0.2) is 4.79 Å². The number of rotatable bonds is 5. The third-order valence-corrected chi connectivity index (χ3v) is 3.26. The van der Waals surface area contributed by atoms with Crippen LogP contribution in [-0.4, -0.2) is 18.4 Å².